The molecule has 2 aromatic carbocycles. The van der Waals surface area contributed by atoms with Crippen molar-refractivity contribution in [2.45, 2.75) is 27.7 Å². The molecular formula is C23H21FN4O. The lowest BCUT2D eigenvalue weighted by Gasteiger charge is -2.12. The minimum atomic E-state index is -0.385. The summed E-state index contributed by atoms with van der Waals surface area (Å²) in [6, 6.07) is 13.4. The van der Waals surface area contributed by atoms with Gasteiger partial charge < -0.3 is 5.32 Å². The number of rotatable bonds is 3. The molecule has 5 nitrogen and oxygen atoms in total. The van der Waals surface area contributed by atoms with Gasteiger partial charge in [-0.1, -0.05) is 11.6 Å². The molecule has 0 aliphatic heterocycles. The predicted octanol–water partition coefficient (Wildman–Crippen LogP) is 5.05. The van der Waals surface area contributed by atoms with Gasteiger partial charge in [-0.2, -0.15) is 9.78 Å². The van der Waals surface area contributed by atoms with E-state index in [0.717, 1.165) is 27.7 Å². The van der Waals surface area contributed by atoms with Crippen molar-refractivity contribution in [1.82, 2.24) is 14.8 Å². The Kier molecular flexibility index (Phi) is 4.62. The first-order chi connectivity index (χ1) is 13.8. The number of aromatic nitrogens is 3. The average Bonchev–Trinajstić information content (AvgIpc) is 3.03. The summed E-state index contributed by atoms with van der Waals surface area (Å²) in [6.07, 6.45) is 0. The average molecular weight is 388 g/mol. The lowest BCUT2D eigenvalue weighted by Crippen LogP contribution is -2.15. The maximum absolute atomic E-state index is 13.1. The molecule has 4 rings (SSSR count). The van der Waals surface area contributed by atoms with Crippen LogP contribution in [0.4, 0.5) is 10.2 Å². The second-order valence-corrected chi connectivity index (χ2v) is 7.32. The van der Waals surface area contributed by atoms with Gasteiger partial charge in [0.2, 0.25) is 0 Å². The van der Waals surface area contributed by atoms with Crippen LogP contribution in [0.3, 0.4) is 0 Å². The first-order valence-corrected chi connectivity index (χ1v) is 9.34. The van der Waals surface area contributed by atoms with E-state index in [4.69, 9.17) is 4.98 Å². The number of amides is 1. The van der Waals surface area contributed by atoms with Crippen molar-refractivity contribution >= 4 is 22.6 Å². The monoisotopic (exact) mass is 388 g/mol. The molecule has 0 fully saturated rings. The number of nitrogens with one attached hydrogen (secondary N) is 1. The molecule has 0 saturated heterocycles. The van der Waals surface area contributed by atoms with Crippen LogP contribution in [0.15, 0.2) is 48.5 Å². The van der Waals surface area contributed by atoms with Crippen molar-refractivity contribution in [2.24, 2.45) is 0 Å². The SMILES string of the molecule is Cc1cc(C)c2nc(-n3nc(C)cc3NC(=O)c3ccc(F)cc3)cc(C)c2c1. The second kappa shape index (κ2) is 7.13. The van der Waals surface area contributed by atoms with Gasteiger partial charge in [-0.15, -0.1) is 0 Å². The predicted molar refractivity (Wildman–Crippen MR) is 112 cm³/mol. The molecule has 6 heteroatoms. The fourth-order valence-electron chi connectivity index (χ4n) is 3.49. The Balaban J connectivity index is 1.77. The number of halogens is 1. The number of carbonyl (C=O) groups is 1. The number of benzene rings is 2. The summed E-state index contributed by atoms with van der Waals surface area (Å²) in [6.45, 7) is 8.00. The third-order valence-electron chi connectivity index (χ3n) is 4.84. The fraction of sp³-hybridized carbons (Fsp3) is 0.174. The molecule has 2 heterocycles. The van der Waals surface area contributed by atoms with E-state index in [1.54, 1.807) is 10.7 Å². The standard InChI is InChI=1S/C23H21FN4O/c1-13-9-15(3)22-19(10-13)14(2)11-20(25-22)28-21(12-16(4)27-28)26-23(29)17-5-7-18(24)8-6-17/h5-12H,1-4H3,(H,26,29). The van der Waals surface area contributed by atoms with E-state index in [9.17, 15) is 9.18 Å². The van der Waals surface area contributed by atoms with E-state index < -0.39 is 0 Å². The third kappa shape index (κ3) is 3.61. The normalized spacial score (nSPS) is 11.1. The number of fused-ring (bicyclic) bond motifs is 1. The number of hydrogen-bond donors (Lipinski definition) is 1. The number of carbonyl (C=O) groups excluding carboxylic acids is 1. The van der Waals surface area contributed by atoms with Crippen LogP contribution in [0.25, 0.3) is 16.7 Å². The summed E-state index contributed by atoms with van der Waals surface area (Å²) in [5, 5.41) is 8.48. The lowest BCUT2D eigenvalue weighted by molar-refractivity contribution is 0.102. The number of anilines is 1. The van der Waals surface area contributed by atoms with Crippen molar-refractivity contribution in [3.05, 3.63) is 82.3 Å². The Morgan fingerprint density at radius 1 is 0.966 bits per heavy atom. The van der Waals surface area contributed by atoms with E-state index in [1.165, 1.54) is 29.8 Å². The van der Waals surface area contributed by atoms with Gasteiger partial charge in [0.05, 0.1) is 11.2 Å². The molecule has 0 spiro atoms. The van der Waals surface area contributed by atoms with Crippen LogP contribution in [0.5, 0.6) is 0 Å². The minimum Gasteiger partial charge on any atom is -0.306 e. The molecular weight excluding hydrogens is 367 g/mol. The summed E-state index contributed by atoms with van der Waals surface area (Å²) in [7, 11) is 0. The van der Waals surface area contributed by atoms with E-state index in [-0.39, 0.29) is 11.7 Å². The van der Waals surface area contributed by atoms with E-state index in [0.29, 0.717) is 17.2 Å². The molecule has 0 saturated carbocycles. The summed E-state index contributed by atoms with van der Waals surface area (Å²) < 4.78 is 14.8. The highest BCUT2D eigenvalue weighted by Gasteiger charge is 2.15. The summed E-state index contributed by atoms with van der Waals surface area (Å²) in [5.74, 6) is 0.414. The first kappa shape index (κ1) is 18.8. The number of aryl methyl sites for hydroxylation is 4. The largest absolute Gasteiger partial charge is 0.306 e. The van der Waals surface area contributed by atoms with Crippen LogP contribution in [0.2, 0.25) is 0 Å². The maximum Gasteiger partial charge on any atom is 0.256 e. The summed E-state index contributed by atoms with van der Waals surface area (Å²) in [5.41, 5.74) is 5.39. The zero-order valence-electron chi connectivity index (χ0n) is 16.7. The molecule has 1 N–H and O–H groups in total. The van der Waals surface area contributed by atoms with Crippen LogP contribution in [0.1, 0.15) is 32.7 Å². The van der Waals surface area contributed by atoms with Crippen molar-refractivity contribution in [2.75, 3.05) is 5.32 Å². The zero-order chi connectivity index (χ0) is 20.7. The smallest absolute Gasteiger partial charge is 0.256 e. The Labute approximate surface area is 168 Å². The highest BCUT2D eigenvalue weighted by Crippen LogP contribution is 2.26. The van der Waals surface area contributed by atoms with Gasteiger partial charge in [-0.25, -0.2) is 9.37 Å². The molecule has 0 atom stereocenters. The minimum absolute atomic E-state index is 0.338. The zero-order valence-corrected chi connectivity index (χ0v) is 16.7. The van der Waals surface area contributed by atoms with Gasteiger partial charge >= 0.3 is 0 Å². The van der Waals surface area contributed by atoms with E-state index in [1.807, 2.05) is 26.8 Å². The van der Waals surface area contributed by atoms with Crippen LogP contribution in [-0.2, 0) is 0 Å². The maximum atomic E-state index is 13.1. The molecule has 0 radical (unpaired) electrons. The molecule has 1 amide bonds. The molecule has 0 bridgehead atoms. The number of hydrogen-bond acceptors (Lipinski definition) is 3. The van der Waals surface area contributed by atoms with Gasteiger partial charge in [0.25, 0.3) is 5.91 Å². The van der Waals surface area contributed by atoms with Gasteiger partial charge in [-0.3, -0.25) is 4.79 Å². The Bertz CT molecular complexity index is 1240. The first-order valence-electron chi connectivity index (χ1n) is 9.34. The van der Waals surface area contributed by atoms with Crippen LogP contribution >= 0.6 is 0 Å². The van der Waals surface area contributed by atoms with Crippen molar-refractivity contribution in [1.29, 1.82) is 0 Å². The molecule has 146 valence electrons. The van der Waals surface area contributed by atoms with Crippen molar-refractivity contribution < 1.29 is 9.18 Å². The van der Waals surface area contributed by atoms with E-state index in [2.05, 4.69) is 29.5 Å². The molecule has 4 aromatic rings. The molecule has 0 unspecified atom stereocenters. The topological polar surface area (TPSA) is 59.8 Å². The second-order valence-electron chi connectivity index (χ2n) is 7.32. The van der Waals surface area contributed by atoms with Crippen LogP contribution < -0.4 is 5.32 Å². The van der Waals surface area contributed by atoms with Crippen LogP contribution in [-0.4, -0.2) is 20.7 Å². The van der Waals surface area contributed by atoms with Crippen LogP contribution in [0, 0.1) is 33.5 Å². The molecule has 29 heavy (non-hydrogen) atoms. The lowest BCUT2D eigenvalue weighted by atomic mass is 10.0. The van der Waals surface area contributed by atoms with Gasteiger partial charge in [-0.05, 0) is 75.2 Å². The number of nitrogens with zero attached hydrogens (tertiary/aromatic N) is 3. The Hall–Kier alpha value is -3.54. The molecule has 0 aliphatic carbocycles. The Morgan fingerprint density at radius 2 is 1.69 bits per heavy atom. The Morgan fingerprint density at radius 3 is 2.41 bits per heavy atom. The summed E-state index contributed by atoms with van der Waals surface area (Å²) >= 11 is 0. The van der Waals surface area contributed by atoms with E-state index >= 15 is 0 Å². The highest BCUT2D eigenvalue weighted by molar-refractivity contribution is 6.04. The van der Waals surface area contributed by atoms with Crippen molar-refractivity contribution in [3.63, 3.8) is 0 Å². The van der Waals surface area contributed by atoms with Gasteiger partial charge in [0.15, 0.2) is 5.82 Å². The number of pyridine rings is 1. The van der Waals surface area contributed by atoms with Gasteiger partial charge in [0, 0.05) is 17.0 Å². The van der Waals surface area contributed by atoms with Gasteiger partial charge in [0.1, 0.15) is 11.6 Å². The fourth-order valence-corrected chi connectivity index (χ4v) is 3.49. The quantitative estimate of drug-likeness (QED) is 0.534. The molecule has 2 aromatic heterocycles. The highest BCUT2D eigenvalue weighted by atomic mass is 19.1. The molecule has 0 aliphatic rings. The third-order valence-corrected chi connectivity index (χ3v) is 4.84. The van der Waals surface area contributed by atoms with Crippen molar-refractivity contribution in [3.8, 4) is 5.82 Å². The summed E-state index contributed by atoms with van der Waals surface area (Å²) in [4.78, 5) is 17.4.